The molecule has 0 bridgehead atoms. The monoisotopic (exact) mass is 550 g/mol. The minimum absolute atomic E-state index is 0.00404. The highest BCUT2D eigenvalue weighted by Crippen LogP contribution is 2.11. The normalized spacial score (nSPS) is 11.5. The summed E-state index contributed by atoms with van der Waals surface area (Å²) in [6, 6.07) is 0. The quantitative estimate of drug-likeness (QED) is 0.150. The van der Waals surface area contributed by atoms with Crippen molar-refractivity contribution in [2.24, 2.45) is 0 Å². The van der Waals surface area contributed by atoms with Gasteiger partial charge >= 0.3 is 24.1 Å². The van der Waals surface area contributed by atoms with E-state index in [2.05, 4.69) is 0 Å². The molecule has 0 spiro atoms. The van der Waals surface area contributed by atoms with Gasteiger partial charge in [0, 0.05) is 20.3 Å². The first-order valence-corrected chi connectivity index (χ1v) is 12.6. The highest BCUT2D eigenvalue weighted by molar-refractivity contribution is 5.79. The Balaban J connectivity index is 4.87. The van der Waals surface area contributed by atoms with Gasteiger partial charge in [-0.1, -0.05) is 0 Å². The fourth-order valence-corrected chi connectivity index (χ4v) is 2.58. The summed E-state index contributed by atoms with van der Waals surface area (Å²) in [5.74, 6) is -1.39. The van der Waals surface area contributed by atoms with Gasteiger partial charge in [0.25, 0.3) is 0 Å². The van der Waals surface area contributed by atoms with Crippen molar-refractivity contribution >= 4 is 24.1 Å². The molecule has 13 nitrogen and oxygen atoms in total. The van der Waals surface area contributed by atoms with Crippen molar-refractivity contribution in [1.82, 2.24) is 9.80 Å². The third kappa shape index (κ3) is 19.5. The Bertz CT molecular complexity index is 717. The van der Waals surface area contributed by atoms with Crippen LogP contribution in [-0.2, 0) is 42.7 Å². The van der Waals surface area contributed by atoms with Crippen LogP contribution in [0.5, 0.6) is 0 Å². The number of nitrogens with zero attached hydrogens (tertiary/aromatic N) is 2. The molecule has 0 unspecified atom stereocenters. The molecular formula is C25H46N2O11. The highest BCUT2D eigenvalue weighted by atomic mass is 16.6. The number of methoxy groups -OCH3 is 1. The molecule has 0 fully saturated rings. The van der Waals surface area contributed by atoms with Gasteiger partial charge in [0.1, 0.15) is 37.5 Å². The number of rotatable bonds is 17. The second-order valence-corrected chi connectivity index (χ2v) is 10.0. The Hall–Kier alpha value is -2.64. The molecule has 2 amide bonds. The Kier molecular flexibility index (Phi) is 17.3. The Morgan fingerprint density at radius 3 is 1.47 bits per heavy atom. The van der Waals surface area contributed by atoms with Crippen LogP contribution in [0.25, 0.3) is 0 Å². The highest BCUT2D eigenvalue weighted by Gasteiger charge is 2.26. The molecule has 0 aliphatic heterocycles. The molecule has 0 rings (SSSR count). The molecule has 0 saturated carbocycles. The summed E-state index contributed by atoms with van der Waals surface area (Å²) in [4.78, 5) is 51.9. The second kappa shape index (κ2) is 18.6. The van der Waals surface area contributed by atoms with Gasteiger partial charge < -0.3 is 33.2 Å². The number of hydrogen-bond acceptors (Lipinski definition) is 11. The smallest absolute Gasteiger partial charge is 0.410 e. The van der Waals surface area contributed by atoms with E-state index >= 15 is 0 Å². The van der Waals surface area contributed by atoms with Crippen molar-refractivity contribution in [1.29, 1.82) is 0 Å². The van der Waals surface area contributed by atoms with Crippen LogP contribution in [0.15, 0.2) is 0 Å². The molecule has 0 aliphatic rings. The lowest BCUT2D eigenvalue weighted by molar-refractivity contribution is -0.147. The number of ether oxygens (including phenoxy) is 7. The van der Waals surface area contributed by atoms with E-state index < -0.39 is 41.9 Å². The standard InChI is InChI=1S/C25H46N2O11/c1-9-33-14-15-34-16-17-36-21(29)19-27(23(31)38-25(5,6)7)11-13-35-20(28)18-26(10-12-32-8)22(30)37-24(2,3)4/h9-19H2,1-8H3. The van der Waals surface area contributed by atoms with Crippen LogP contribution in [0.3, 0.4) is 0 Å². The first kappa shape index (κ1) is 35.4. The van der Waals surface area contributed by atoms with Crippen LogP contribution in [0.4, 0.5) is 9.59 Å². The van der Waals surface area contributed by atoms with Crippen molar-refractivity contribution in [2.45, 2.75) is 59.7 Å². The lowest BCUT2D eigenvalue weighted by atomic mass is 10.2. The van der Waals surface area contributed by atoms with Gasteiger partial charge in [0.2, 0.25) is 0 Å². The Morgan fingerprint density at radius 1 is 0.605 bits per heavy atom. The fraction of sp³-hybridized carbons (Fsp3) is 0.840. The minimum Gasteiger partial charge on any atom is -0.462 e. The van der Waals surface area contributed by atoms with E-state index in [1.807, 2.05) is 6.92 Å². The van der Waals surface area contributed by atoms with Gasteiger partial charge in [-0.25, -0.2) is 9.59 Å². The summed E-state index contributed by atoms with van der Waals surface area (Å²) in [5, 5.41) is 0. The minimum atomic E-state index is -0.806. The van der Waals surface area contributed by atoms with Gasteiger partial charge in [0.05, 0.1) is 33.0 Å². The van der Waals surface area contributed by atoms with E-state index in [9.17, 15) is 19.2 Å². The van der Waals surface area contributed by atoms with E-state index in [1.54, 1.807) is 41.5 Å². The van der Waals surface area contributed by atoms with Crippen LogP contribution in [0.1, 0.15) is 48.5 Å². The van der Waals surface area contributed by atoms with E-state index in [1.165, 1.54) is 7.11 Å². The number of esters is 2. The van der Waals surface area contributed by atoms with Gasteiger partial charge in [-0.15, -0.1) is 0 Å². The zero-order valence-electron chi connectivity index (χ0n) is 24.2. The largest absolute Gasteiger partial charge is 0.462 e. The summed E-state index contributed by atoms with van der Waals surface area (Å²) in [5.41, 5.74) is -1.55. The molecule has 0 aliphatic carbocycles. The average molecular weight is 551 g/mol. The van der Waals surface area contributed by atoms with Crippen molar-refractivity contribution in [3.05, 3.63) is 0 Å². The first-order chi connectivity index (χ1) is 17.7. The predicted molar refractivity (Wildman–Crippen MR) is 137 cm³/mol. The van der Waals surface area contributed by atoms with Crippen molar-refractivity contribution in [2.75, 3.05) is 79.5 Å². The lowest BCUT2D eigenvalue weighted by Crippen LogP contribution is -2.43. The van der Waals surface area contributed by atoms with E-state index in [4.69, 9.17) is 33.2 Å². The summed E-state index contributed by atoms with van der Waals surface area (Å²) in [6.07, 6.45) is -1.46. The predicted octanol–water partition coefficient (Wildman–Crippen LogP) is 2.25. The Labute approximate surface area is 225 Å². The molecule has 0 aromatic carbocycles. The fourth-order valence-electron chi connectivity index (χ4n) is 2.58. The molecule has 0 saturated heterocycles. The van der Waals surface area contributed by atoms with Gasteiger partial charge in [-0.3, -0.25) is 19.4 Å². The maximum absolute atomic E-state index is 12.6. The number of amides is 2. The van der Waals surface area contributed by atoms with E-state index in [0.717, 1.165) is 9.80 Å². The summed E-state index contributed by atoms with van der Waals surface area (Å²) in [6.45, 7) is 12.8. The molecule has 0 aromatic heterocycles. The molecule has 0 radical (unpaired) electrons. The molecule has 0 heterocycles. The molecule has 0 aromatic rings. The van der Waals surface area contributed by atoms with Crippen molar-refractivity contribution in [3.63, 3.8) is 0 Å². The van der Waals surface area contributed by atoms with Crippen LogP contribution < -0.4 is 0 Å². The van der Waals surface area contributed by atoms with Crippen LogP contribution in [-0.4, -0.2) is 125 Å². The lowest BCUT2D eigenvalue weighted by Gasteiger charge is -2.27. The zero-order valence-corrected chi connectivity index (χ0v) is 24.2. The van der Waals surface area contributed by atoms with Gasteiger partial charge in [-0.05, 0) is 48.5 Å². The molecule has 38 heavy (non-hydrogen) atoms. The molecule has 13 heteroatoms. The summed E-state index contributed by atoms with van der Waals surface area (Å²) < 4.78 is 36.4. The Morgan fingerprint density at radius 2 is 1.03 bits per heavy atom. The maximum atomic E-state index is 12.6. The van der Waals surface area contributed by atoms with Crippen molar-refractivity contribution < 1.29 is 52.3 Å². The van der Waals surface area contributed by atoms with Crippen molar-refractivity contribution in [3.8, 4) is 0 Å². The zero-order chi connectivity index (χ0) is 29.2. The summed E-state index contributed by atoms with van der Waals surface area (Å²) >= 11 is 0. The molecule has 0 N–H and O–H groups in total. The SMILES string of the molecule is CCOCCOCCOC(=O)CN(CCOC(=O)CN(CCOC)C(=O)OC(C)(C)C)C(=O)OC(C)(C)C. The number of hydrogen-bond donors (Lipinski definition) is 0. The van der Waals surface area contributed by atoms with Gasteiger partial charge in [-0.2, -0.15) is 0 Å². The van der Waals surface area contributed by atoms with E-state index in [0.29, 0.717) is 19.8 Å². The first-order valence-electron chi connectivity index (χ1n) is 12.6. The molecular weight excluding hydrogens is 504 g/mol. The second-order valence-electron chi connectivity index (χ2n) is 10.0. The third-order valence-corrected chi connectivity index (χ3v) is 4.20. The number of carbonyl (C=O) groups is 4. The number of carbonyl (C=O) groups excluding carboxylic acids is 4. The van der Waals surface area contributed by atoms with Crippen LogP contribution in [0.2, 0.25) is 0 Å². The molecule has 0 atom stereocenters. The van der Waals surface area contributed by atoms with Crippen LogP contribution in [0, 0.1) is 0 Å². The van der Waals surface area contributed by atoms with Crippen LogP contribution >= 0.6 is 0 Å². The van der Waals surface area contributed by atoms with Gasteiger partial charge in [0.15, 0.2) is 0 Å². The summed E-state index contributed by atoms with van der Waals surface area (Å²) in [7, 11) is 1.47. The third-order valence-electron chi connectivity index (χ3n) is 4.20. The topological polar surface area (TPSA) is 139 Å². The molecule has 222 valence electrons. The maximum Gasteiger partial charge on any atom is 0.410 e. The average Bonchev–Trinajstić information content (AvgIpc) is 2.78. The van der Waals surface area contributed by atoms with E-state index in [-0.39, 0.29) is 46.1 Å².